The molecule has 10 nitrogen and oxygen atoms in total. The Kier molecular flexibility index (Phi) is 14.3. The van der Waals surface area contributed by atoms with Crippen LogP contribution in [0.2, 0.25) is 0 Å². The van der Waals surface area contributed by atoms with Crippen molar-refractivity contribution < 1.29 is 64.0 Å². The Morgan fingerprint density at radius 1 is 0.719 bits per heavy atom. The quantitative estimate of drug-likeness (QED) is 0.120. The molecule has 1 fully saturated rings. The summed E-state index contributed by atoms with van der Waals surface area (Å²) in [4.78, 5) is 27.9. The van der Waals surface area contributed by atoms with Crippen LogP contribution in [0.1, 0.15) is 51.7 Å². The predicted octanol–water partition coefficient (Wildman–Crippen LogP) is 9.19. The number of hydrogen-bond acceptors (Lipinski definition) is 8. The van der Waals surface area contributed by atoms with Gasteiger partial charge in [-0.15, -0.1) is 0 Å². The van der Waals surface area contributed by atoms with E-state index in [9.17, 15) is 49.8 Å². The van der Waals surface area contributed by atoms with E-state index in [1.54, 1.807) is 57.1 Å². The van der Waals surface area contributed by atoms with Crippen LogP contribution in [-0.4, -0.2) is 95.0 Å². The van der Waals surface area contributed by atoms with E-state index in [1.165, 1.54) is 62.1 Å². The van der Waals surface area contributed by atoms with Gasteiger partial charge >= 0.3 is 12.4 Å². The number of likely N-dealkylation sites (N-methyl/N-ethyl adjacent to an activating group) is 2. The number of ether oxygens (including phenoxy) is 3. The van der Waals surface area contributed by atoms with Crippen molar-refractivity contribution in [2.75, 3.05) is 74.6 Å². The Bertz CT molecular complexity index is 2320. The molecule has 2 amide bonds. The highest BCUT2D eigenvalue weighted by Crippen LogP contribution is 2.52. The van der Waals surface area contributed by atoms with E-state index in [0.717, 1.165) is 23.5 Å². The SMILES string of the molecule is CN1C(=O)CNc2ccccc21.COc1ccc(F)cc1C(C)(C)CC(O)(CN1CC(=O)N(C)c2ccccc21)C(F)(F)F.COc1ccc(F)cc1C(C)(C)CC1(C(F)(F)F)CO1. The van der Waals surface area contributed by atoms with E-state index >= 15 is 0 Å². The Balaban J connectivity index is 0.000000203. The highest BCUT2D eigenvalue weighted by molar-refractivity contribution is 6.03. The first-order valence-corrected chi connectivity index (χ1v) is 20.1. The maximum Gasteiger partial charge on any atom is 0.419 e. The minimum absolute atomic E-state index is 0.105. The zero-order valence-electron chi connectivity index (χ0n) is 36.7. The average molecular weight is 909 g/mol. The number of benzene rings is 4. The fraction of sp³-hybridized carbons (Fsp3) is 0.435. The molecule has 0 radical (unpaired) electrons. The van der Waals surface area contributed by atoms with Gasteiger partial charge in [0, 0.05) is 25.2 Å². The van der Waals surface area contributed by atoms with Crippen LogP contribution >= 0.6 is 0 Å². The minimum Gasteiger partial charge on any atom is -0.496 e. The molecule has 4 aromatic rings. The van der Waals surface area contributed by atoms with Crippen LogP contribution in [0.25, 0.3) is 0 Å². The van der Waals surface area contributed by atoms with Crippen LogP contribution in [0.4, 0.5) is 57.9 Å². The number of nitrogens with zero attached hydrogens (tertiary/aromatic N) is 3. The number of nitrogens with one attached hydrogen (secondary N) is 1. The van der Waals surface area contributed by atoms with E-state index in [1.807, 2.05) is 24.3 Å². The number of para-hydroxylation sites is 4. The zero-order chi connectivity index (χ0) is 47.6. The number of alkyl halides is 6. The molecule has 2 atom stereocenters. The summed E-state index contributed by atoms with van der Waals surface area (Å²) in [7, 11) is 6.09. The van der Waals surface area contributed by atoms with Crippen molar-refractivity contribution >= 4 is 34.6 Å². The smallest absolute Gasteiger partial charge is 0.419 e. The van der Waals surface area contributed by atoms with Gasteiger partial charge in [0.1, 0.15) is 23.1 Å². The largest absolute Gasteiger partial charge is 0.496 e. The van der Waals surface area contributed by atoms with Crippen molar-refractivity contribution in [1.29, 1.82) is 0 Å². The molecule has 0 aromatic heterocycles. The predicted molar refractivity (Wildman–Crippen MR) is 227 cm³/mol. The number of halogens is 8. The number of carbonyl (C=O) groups is 2. The van der Waals surface area contributed by atoms with E-state index in [2.05, 4.69) is 10.1 Å². The fourth-order valence-corrected chi connectivity index (χ4v) is 8.05. The maximum absolute atomic E-state index is 14.2. The normalized spacial score (nSPS) is 18.3. The molecule has 3 aliphatic heterocycles. The van der Waals surface area contributed by atoms with Gasteiger partial charge in [-0.25, -0.2) is 8.78 Å². The fourth-order valence-electron chi connectivity index (χ4n) is 8.05. The molecule has 0 bridgehead atoms. The first kappa shape index (κ1) is 49.4. The lowest BCUT2D eigenvalue weighted by Gasteiger charge is -2.43. The lowest BCUT2D eigenvalue weighted by Crippen LogP contribution is -2.58. The third kappa shape index (κ3) is 10.7. The molecule has 64 heavy (non-hydrogen) atoms. The topological polar surface area (TPSA) is 107 Å². The van der Waals surface area contributed by atoms with E-state index in [-0.39, 0.29) is 42.7 Å². The minimum atomic E-state index is -5.01. The molecule has 3 aliphatic rings. The summed E-state index contributed by atoms with van der Waals surface area (Å²) < 4.78 is 124. The molecule has 0 spiro atoms. The number of fused-ring (bicyclic) bond motifs is 2. The molecule has 0 aliphatic carbocycles. The van der Waals surface area contributed by atoms with Gasteiger partial charge in [-0.05, 0) is 84.3 Å². The second kappa shape index (κ2) is 18.5. The number of amides is 2. The Labute approximate surface area is 366 Å². The van der Waals surface area contributed by atoms with Gasteiger partial charge in [0.2, 0.25) is 11.8 Å². The molecular formula is C46H52F8N4O6. The number of aliphatic hydroxyl groups is 1. The first-order valence-electron chi connectivity index (χ1n) is 20.1. The van der Waals surface area contributed by atoms with Crippen molar-refractivity contribution in [3.05, 3.63) is 108 Å². The van der Waals surface area contributed by atoms with Crippen molar-refractivity contribution in [3.8, 4) is 11.5 Å². The van der Waals surface area contributed by atoms with E-state index in [4.69, 9.17) is 9.47 Å². The second-order valence-electron chi connectivity index (χ2n) is 17.2. The van der Waals surface area contributed by atoms with Crippen LogP contribution in [0, 0.1) is 11.6 Å². The van der Waals surface area contributed by atoms with Crippen LogP contribution in [0.3, 0.4) is 0 Å². The van der Waals surface area contributed by atoms with Crippen LogP contribution < -0.4 is 29.5 Å². The summed E-state index contributed by atoms with van der Waals surface area (Å²) in [6.45, 7) is 5.11. The average Bonchev–Trinajstić information content (AvgIpc) is 4.02. The van der Waals surface area contributed by atoms with Gasteiger partial charge in [-0.2, -0.15) is 26.3 Å². The van der Waals surface area contributed by atoms with Gasteiger partial charge in [0.25, 0.3) is 0 Å². The van der Waals surface area contributed by atoms with Crippen molar-refractivity contribution in [1.82, 2.24) is 0 Å². The molecular weight excluding hydrogens is 857 g/mol. The number of carbonyl (C=O) groups excluding carboxylic acids is 2. The Hall–Kier alpha value is -5.62. The van der Waals surface area contributed by atoms with Gasteiger partial charge in [0.15, 0.2) is 11.2 Å². The van der Waals surface area contributed by atoms with Gasteiger partial charge in [-0.3, -0.25) is 9.59 Å². The summed E-state index contributed by atoms with van der Waals surface area (Å²) in [6, 6.07) is 21.8. The number of hydrogen-bond donors (Lipinski definition) is 2. The molecule has 3 heterocycles. The molecule has 2 N–H and O–H groups in total. The zero-order valence-corrected chi connectivity index (χ0v) is 36.7. The summed E-state index contributed by atoms with van der Waals surface area (Å²) in [6.07, 6.45) is -10.5. The number of rotatable bonds is 10. The van der Waals surface area contributed by atoms with E-state index in [0.29, 0.717) is 29.2 Å². The number of epoxide rings is 1. The van der Waals surface area contributed by atoms with Crippen molar-refractivity contribution in [2.24, 2.45) is 0 Å². The van der Waals surface area contributed by atoms with Crippen LogP contribution in [-0.2, 0) is 25.2 Å². The standard InChI is InChI=1S/C23H26F4N2O3.C14H16F4O2.C9H10N2O/c1-21(2,16-11-15(24)9-10-19(16)32-4)13-22(31,23(25,26)27)14-29-12-20(30)28(3)17-7-5-6-8-18(17)29;1-12(2,7-13(8-20-13)14(16,17)18)10-6-9(15)4-5-11(10)19-3;1-11-8-5-3-2-4-7(8)10-6-9(11)12/h5-11,31H,12-14H2,1-4H3;4-6H,7-8H2,1-3H3;2-5,10H,6H2,1H3. The number of anilines is 4. The lowest BCUT2D eigenvalue weighted by molar-refractivity contribution is -0.262. The molecule has 7 rings (SSSR count). The maximum atomic E-state index is 14.2. The summed E-state index contributed by atoms with van der Waals surface area (Å²) in [5, 5.41) is 14.0. The van der Waals surface area contributed by atoms with Gasteiger partial charge < -0.3 is 39.3 Å². The highest BCUT2D eigenvalue weighted by atomic mass is 19.4. The number of β-amino-alcohol motifs (C(OH)–C–C–N with tert-alkyl or cyclic N) is 1. The Morgan fingerprint density at radius 3 is 1.70 bits per heavy atom. The molecule has 1 saturated heterocycles. The van der Waals surface area contributed by atoms with Crippen molar-refractivity contribution in [3.63, 3.8) is 0 Å². The summed E-state index contributed by atoms with van der Waals surface area (Å²) in [5.41, 5.74) is -4.08. The van der Waals surface area contributed by atoms with Crippen LogP contribution in [0.5, 0.6) is 11.5 Å². The first-order chi connectivity index (χ1) is 29.7. The van der Waals surface area contributed by atoms with Crippen molar-refractivity contribution in [2.45, 2.75) is 74.9 Å². The molecule has 348 valence electrons. The monoisotopic (exact) mass is 908 g/mol. The highest BCUT2D eigenvalue weighted by Gasteiger charge is 2.67. The Morgan fingerprint density at radius 2 is 1.20 bits per heavy atom. The molecule has 2 unspecified atom stereocenters. The second-order valence-corrected chi connectivity index (χ2v) is 17.2. The number of methoxy groups -OCH3 is 2. The van der Waals surface area contributed by atoms with Gasteiger partial charge in [0.05, 0.1) is 63.2 Å². The lowest BCUT2D eigenvalue weighted by atomic mass is 9.74. The summed E-state index contributed by atoms with van der Waals surface area (Å²) >= 11 is 0. The van der Waals surface area contributed by atoms with Gasteiger partial charge in [-0.1, -0.05) is 52.0 Å². The summed E-state index contributed by atoms with van der Waals surface area (Å²) in [5.74, 6) is -0.821. The molecule has 0 saturated carbocycles. The third-order valence-electron chi connectivity index (χ3n) is 11.6. The molecule has 18 heteroatoms. The third-order valence-corrected chi connectivity index (χ3v) is 11.6. The molecule has 4 aromatic carbocycles. The van der Waals surface area contributed by atoms with E-state index < -0.39 is 59.0 Å². The van der Waals surface area contributed by atoms with Crippen LogP contribution in [0.15, 0.2) is 84.9 Å².